The summed E-state index contributed by atoms with van der Waals surface area (Å²) in [5.74, 6) is -2.29. The second kappa shape index (κ2) is 9.34. The first-order chi connectivity index (χ1) is 15.5. The molecule has 1 saturated heterocycles. The molecule has 4 rings (SSSR count). The van der Waals surface area contributed by atoms with Gasteiger partial charge in [0.1, 0.15) is 6.54 Å². The first-order valence-corrected chi connectivity index (χ1v) is 11.1. The highest BCUT2D eigenvalue weighted by Gasteiger charge is 2.45. The molecule has 1 unspecified atom stereocenters. The maximum absolute atomic E-state index is 12.7. The summed E-state index contributed by atoms with van der Waals surface area (Å²) in [7, 11) is 0. The van der Waals surface area contributed by atoms with Gasteiger partial charge in [-0.1, -0.05) is 54.1 Å². The van der Waals surface area contributed by atoms with E-state index in [2.05, 4.69) is 11.4 Å². The molecule has 1 heterocycles. The van der Waals surface area contributed by atoms with Gasteiger partial charge in [-0.25, -0.2) is 9.69 Å². The number of fused-ring (bicyclic) bond motifs is 1. The van der Waals surface area contributed by atoms with Crippen LogP contribution in [0.25, 0.3) is 10.8 Å². The minimum atomic E-state index is -0.944. The molecule has 2 aliphatic rings. The average Bonchev–Trinajstić information content (AvgIpc) is 3.00. The van der Waals surface area contributed by atoms with Crippen LogP contribution in [0.2, 0.25) is 0 Å². The normalized spacial score (nSPS) is 17.7. The van der Waals surface area contributed by atoms with Gasteiger partial charge < -0.3 is 5.32 Å². The Bertz CT molecular complexity index is 1100. The van der Waals surface area contributed by atoms with Gasteiger partial charge in [0.25, 0.3) is 0 Å². The molecule has 2 aromatic carbocycles. The quantitative estimate of drug-likeness (QED) is 0.410. The fraction of sp³-hybridized carbons (Fsp3) is 0.360. The van der Waals surface area contributed by atoms with Crippen LogP contribution in [0, 0.1) is 0 Å². The maximum Gasteiger partial charge on any atom is 0.334 e. The molecule has 2 aromatic rings. The number of amides is 5. The van der Waals surface area contributed by atoms with Crippen molar-refractivity contribution in [3.63, 3.8) is 0 Å². The average molecular weight is 434 g/mol. The van der Waals surface area contributed by atoms with Crippen molar-refractivity contribution in [3.8, 4) is 0 Å². The van der Waals surface area contributed by atoms with E-state index >= 15 is 0 Å². The van der Waals surface area contributed by atoms with Crippen LogP contribution >= 0.6 is 0 Å². The Morgan fingerprint density at radius 3 is 2.53 bits per heavy atom. The largest absolute Gasteiger partial charge is 0.348 e. The zero-order valence-corrected chi connectivity index (χ0v) is 18.2. The lowest BCUT2D eigenvalue weighted by atomic mass is 9.97. The smallest absolute Gasteiger partial charge is 0.334 e. The van der Waals surface area contributed by atoms with Gasteiger partial charge in [-0.05, 0) is 55.4 Å². The molecule has 1 fully saturated rings. The molecule has 0 spiro atoms. The summed E-state index contributed by atoms with van der Waals surface area (Å²) in [5.41, 5.74) is 2.15. The Labute approximate surface area is 187 Å². The number of allylic oxidation sites excluding steroid dienone is 1. The first kappa shape index (κ1) is 21.7. The lowest BCUT2D eigenvalue weighted by Gasteiger charge is -2.19. The number of urea groups is 1. The van der Waals surface area contributed by atoms with Gasteiger partial charge in [0, 0.05) is 6.54 Å². The summed E-state index contributed by atoms with van der Waals surface area (Å²) >= 11 is 0. The van der Waals surface area contributed by atoms with E-state index in [1.807, 2.05) is 49.4 Å². The minimum absolute atomic E-state index is 0.166. The number of nitrogens with one attached hydrogen (secondary N) is 1. The Morgan fingerprint density at radius 2 is 1.75 bits per heavy atom. The Balaban J connectivity index is 1.39. The molecular formula is C25H27N3O4. The van der Waals surface area contributed by atoms with Crippen LogP contribution in [0.4, 0.5) is 4.79 Å². The van der Waals surface area contributed by atoms with Crippen molar-refractivity contribution < 1.29 is 19.2 Å². The van der Waals surface area contributed by atoms with Crippen LogP contribution in [0.3, 0.4) is 0 Å². The SMILES string of the molecule is CC(NC(=O)CN1C(=O)C(=O)N(CCC2=CCCCC2)C1=O)c1cccc2ccccc12. The van der Waals surface area contributed by atoms with E-state index in [-0.39, 0.29) is 12.6 Å². The zero-order chi connectivity index (χ0) is 22.7. The number of nitrogens with zero attached hydrogens (tertiary/aromatic N) is 2. The van der Waals surface area contributed by atoms with E-state index in [1.54, 1.807) is 0 Å². The van der Waals surface area contributed by atoms with Crippen LogP contribution in [0.1, 0.15) is 50.6 Å². The molecule has 7 heteroatoms. The van der Waals surface area contributed by atoms with Crippen LogP contribution in [0.5, 0.6) is 0 Å². The number of carbonyl (C=O) groups is 4. The molecule has 0 saturated carbocycles. The summed E-state index contributed by atoms with van der Waals surface area (Å²) in [5, 5.41) is 4.93. The van der Waals surface area contributed by atoms with Gasteiger partial charge >= 0.3 is 17.8 Å². The van der Waals surface area contributed by atoms with E-state index < -0.39 is 30.3 Å². The van der Waals surface area contributed by atoms with Gasteiger partial charge in [0.05, 0.1) is 6.04 Å². The number of benzene rings is 2. The zero-order valence-electron chi connectivity index (χ0n) is 18.2. The molecule has 1 aliphatic carbocycles. The van der Waals surface area contributed by atoms with Crippen molar-refractivity contribution in [1.29, 1.82) is 0 Å². The van der Waals surface area contributed by atoms with E-state index in [0.717, 1.165) is 51.8 Å². The number of imide groups is 2. The Hall–Kier alpha value is -3.48. The fourth-order valence-corrected chi connectivity index (χ4v) is 4.41. The predicted molar refractivity (Wildman–Crippen MR) is 120 cm³/mol. The van der Waals surface area contributed by atoms with Crippen molar-refractivity contribution in [1.82, 2.24) is 15.1 Å². The third-order valence-corrected chi connectivity index (χ3v) is 6.15. The fourth-order valence-electron chi connectivity index (χ4n) is 4.41. The van der Waals surface area contributed by atoms with Crippen molar-refractivity contribution >= 4 is 34.5 Å². The minimum Gasteiger partial charge on any atom is -0.348 e. The number of hydrogen-bond donors (Lipinski definition) is 1. The third kappa shape index (κ3) is 4.42. The van der Waals surface area contributed by atoms with Gasteiger partial charge in [-0.15, -0.1) is 0 Å². The molecule has 0 aromatic heterocycles. The number of hydrogen-bond acceptors (Lipinski definition) is 4. The van der Waals surface area contributed by atoms with Crippen molar-refractivity contribution in [2.24, 2.45) is 0 Å². The Kier molecular flexibility index (Phi) is 6.35. The highest BCUT2D eigenvalue weighted by molar-refractivity contribution is 6.45. The van der Waals surface area contributed by atoms with Crippen LogP contribution < -0.4 is 5.32 Å². The molecule has 5 amide bonds. The summed E-state index contributed by atoms with van der Waals surface area (Å²) in [6, 6.07) is 12.7. The van der Waals surface area contributed by atoms with Gasteiger partial charge in [0.2, 0.25) is 5.91 Å². The van der Waals surface area contributed by atoms with E-state index in [0.29, 0.717) is 6.42 Å². The monoisotopic (exact) mass is 433 g/mol. The van der Waals surface area contributed by atoms with Crippen LogP contribution in [-0.4, -0.2) is 46.6 Å². The number of rotatable bonds is 7. The molecule has 7 nitrogen and oxygen atoms in total. The van der Waals surface area contributed by atoms with E-state index in [1.165, 1.54) is 5.57 Å². The van der Waals surface area contributed by atoms with Crippen molar-refractivity contribution in [2.45, 2.75) is 45.1 Å². The first-order valence-electron chi connectivity index (χ1n) is 11.1. The van der Waals surface area contributed by atoms with Crippen molar-refractivity contribution in [3.05, 3.63) is 59.7 Å². The topological polar surface area (TPSA) is 86.8 Å². The predicted octanol–water partition coefficient (Wildman–Crippen LogP) is 3.70. The molecule has 0 bridgehead atoms. The second-order valence-corrected chi connectivity index (χ2v) is 8.35. The maximum atomic E-state index is 12.7. The molecule has 1 atom stereocenters. The Morgan fingerprint density at radius 1 is 1.00 bits per heavy atom. The van der Waals surface area contributed by atoms with Gasteiger partial charge in [-0.2, -0.15) is 0 Å². The summed E-state index contributed by atoms with van der Waals surface area (Å²) in [6.45, 7) is 1.54. The standard InChI is InChI=1S/C25H27N3O4/c1-17(20-13-7-11-19-10-5-6-12-21(19)20)26-22(29)16-28-24(31)23(30)27(25(28)32)15-14-18-8-3-2-4-9-18/h5-8,10-13,17H,2-4,9,14-16H2,1H3,(H,26,29). The summed E-state index contributed by atoms with van der Waals surface area (Å²) in [6.07, 6.45) is 6.95. The summed E-state index contributed by atoms with van der Waals surface area (Å²) < 4.78 is 0. The number of carbonyl (C=O) groups excluding carboxylic acids is 4. The third-order valence-electron chi connectivity index (χ3n) is 6.15. The molecule has 32 heavy (non-hydrogen) atoms. The lowest BCUT2D eigenvalue weighted by molar-refractivity contribution is -0.144. The highest BCUT2D eigenvalue weighted by atomic mass is 16.2. The van der Waals surface area contributed by atoms with E-state index in [4.69, 9.17) is 0 Å². The second-order valence-electron chi connectivity index (χ2n) is 8.35. The lowest BCUT2D eigenvalue weighted by Crippen LogP contribution is -2.42. The molecular weight excluding hydrogens is 406 g/mol. The van der Waals surface area contributed by atoms with Crippen molar-refractivity contribution in [2.75, 3.05) is 13.1 Å². The van der Waals surface area contributed by atoms with E-state index in [9.17, 15) is 19.2 Å². The molecule has 1 N–H and O–H groups in total. The van der Waals surface area contributed by atoms with Crippen LogP contribution in [0.15, 0.2) is 54.1 Å². The summed E-state index contributed by atoms with van der Waals surface area (Å²) in [4.78, 5) is 51.7. The molecule has 166 valence electrons. The molecule has 1 aliphatic heterocycles. The van der Waals surface area contributed by atoms with Crippen LogP contribution in [-0.2, 0) is 14.4 Å². The highest BCUT2D eigenvalue weighted by Crippen LogP contribution is 2.24. The van der Waals surface area contributed by atoms with Gasteiger partial charge in [-0.3, -0.25) is 19.3 Å². The van der Waals surface area contributed by atoms with Gasteiger partial charge in [0.15, 0.2) is 0 Å². The molecule has 0 radical (unpaired) electrons.